The Morgan fingerprint density at radius 1 is 1.13 bits per heavy atom. The minimum atomic E-state index is -0.940. The van der Waals surface area contributed by atoms with E-state index in [9.17, 15) is 19.8 Å². The predicted molar refractivity (Wildman–Crippen MR) is 115 cm³/mol. The van der Waals surface area contributed by atoms with E-state index in [0.717, 1.165) is 0 Å². The second kappa shape index (κ2) is 7.85. The molecular formula is C22H16ClNO5S. The first kappa shape index (κ1) is 20.0. The van der Waals surface area contributed by atoms with Crippen LogP contribution in [0.4, 0.5) is 5.69 Å². The number of phenolic OH excluding ortho intramolecular Hbond substituents is 1. The largest absolute Gasteiger partial charge is 0.504 e. The predicted octanol–water partition coefficient (Wildman–Crippen LogP) is 4.90. The molecule has 1 aliphatic heterocycles. The Bertz CT molecular complexity index is 1150. The summed E-state index contributed by atoms with van der Waals surface area (Å²) in [7, 11) is 1.42. The van der Waals surface area contributed by atoms with Crippen LogP contribution in [0.15, 0.2) is 71.3 Å². The molecule has 1 amide bonds. The fourth-order valence-electron chi connectivity index (χ4n) is 3.44. The van der Waals surface area contributed by atoms with Crippen molar-refractivity contribution < 1.29 is 24.5 Å². The van der Waals surface area contributed by atoms with Crippen molar-refractivity contribution in [1.82, 2.24) is 0 Å². The number of aromatic hydroxyl groups is 1. The van der Waals surface area contributed by atoms with Gasteiger partial charge in [-0.3, -0.25) is 14.5 Å². The number of thiophene rings is 1. The summed E-state index contributed by atoms with van der Waals surface area (Å²) >= 11 is 7.19. The Labute approximate surface area is 181 Å². The van der Waals surface area contributed by atoms with Gasteiger partial charge in [-0.15, -0.1) is 11.3 Å². The van der Waals surface area contributed by atoms with Crippen molar-refractivity contribution in [2.45, 2.75) is 6.04 Å². The summed E-state index contributed by atoms with van der Waals surface area (Å²) in [5.41, 5.74) is 0.841. The lowest BCUT2D eigenvalue weighted by Crippen LogP contribution is -2.31. The zero-order valence-electron chi connectivity index (χ0n) is 15.7. The monoisotopic (exact) mass is 441 g/mol. The van der Waals surface area contributed by atoms with Crippen LogP contribution in [0.1, 0.15) is 21.3 Å². The normalized spacial score (nSPS) is 16.3. The minimum Gasteiger partial charge on any atom is -0.504 e. The lowest BCUT2D eigenvalue weighted by atomic mass is 9.95. The van der Waals surface area contributed by atoms with E-state index in [1.165, 1.54) is 35.5 Å². The molecule has 1 aromatic heterocycles. The van der Waals surface area contributed by atoms with Crippen LogP contribution in [-0.4, -0.2) is 29.0 Å². The standard InChI is InChI=1S/C22H16ClNO5S/c1-29-16-9-4-12(11-15(16)25)19-18(20(26)17-3-2-10-30-17)21(27)22(28)24(19)14-7-5-13(23)6-8-14/h2-11,19,25,27H,1H3. The molecule has 6 nitrogen and oxygen atoms in total. The smallest absolute Gasteiger partial charge is 0.294 e. The maximum atomic E-state index is 13.2. The molecule has 1 unspecified atom stereocenters. The van der Waals surface area contributed by atoms with Gasteiger partial charge in [0.2, 0.25) is 5.78 Å². The van der Waals surface area contributed by atoms with E-state index >= 15 is 0 Å². The highest BCUT2D eigenvalue weighted by Crippen LogP contribution is 2.44. The molecule has 0 radical (unpaired) electrons. The van der Waals surface area contributed by atoms with Gasteiger partial charge in [-0.2, -0.15) is 0 Å². The summed E-state index contributed by atoms with van der Waals surface area (Å²) in [6.07, 6.45) is 0. The second-order valence-corrected chi connectivity index (χ2v) is 7.94. The van der Waals surface area contributed by atoms with E-state index in [1.807, 2.05) is 0 Å². The number of nitrogens with zero attached hydrogens (tertiary/aromatic N) is 1. The number of phenols is 1. The van der Waals surface area contributed by atoms with Gasteiger partial charge in [-0.05, 0) is 53.4 Å². The van der Waals surface area contributed by atoms with Gasteiger partial charge in [0.05, 0.1) is 23.6 Å². The maximum absolute atomic E-state index is 13.2. The highest BCUT2D eigenvalue weighted by molar-refractivity contribution is 7.12. The first-order valence-electron chi connectivity index (χ1n) is 8.89. The van der Waals surface area contributed by atoms with Crippen LogP contribution < -0.4 is 9.64 Å². The quantitative estimate of drug-likeness (QED) is 0.550. The topological polar surface area (TPSA) is 87.1 Å². The van der Waals surface area contributed by atoms with Crippen molar-refractivity contribution in [2.24, 2.45) is 0 Å². The van der Waals surface area contributed by atoms with E-state index in [-0.39, 0.29) is 17.1 Å². The zero-order chi connectivity index (χ0) is 21.4. The molecule has 4 rings (SSSR count). The number of ether oxygens (including phenoxy) is 1. The molecule has 0 aliphatic carbocycles. The Balaban J connectivity index is 1.89. The molecule has 0 saturated carbocycles. The van der Waals surface area contributed by atoms with Gasteiger partial charge in [-0.25, -0.2) is 0 Å². The van der Waals surface area contributed by atoms with Crippen LogP contribution in [0.5, 0.6) is 11.5 Å². The van der Waals surface area contributed by atoms with Crippen LogP contribution >= 0.6 is 22.9 Å². The van der Waals surface area contributed by atoms with Gasteiger partial charge in [-0.1, -0.05) is 23.7 Å². The third-order valence-electron chi connectivity index (χ3n) is 4.82. The third kappa shape index (κ3) is 3.32. The van der Waals surface area contributed by atoms with Gasteiger partial charge < -0.3 is 14.9 Å². The van der Waals surface area contributed by atoms with Crippen LogP contribution in [0.3, 0.4) is 0 Å². The Morgan fingerprint density at radius 3 is 2.47 bits per heavy atom. The Kier molecular flexibility index (Phi) is 5.24. The average molecular weight is 442 g/mol. The number of Topliss-reactive ketones (excluding diaryl/α,β-unsaturated/α-hetero) is 1. The molecule has 1 aliphatic rings. The number of anilines is 1. The number of benzene rings is 2. The summed E-state index contributed by atoms with van der Waals surface area (Å²) in [4.78, 5) is 27.9. The maximum Gasteiger partial charge on any atom is 0.294 e. The Hall–Kier alpha value is -3.29. The summed E-state index contributed by atoms with van der Waals surface area (Å²) in [6, 6.07) is 13.5. The van der Waals surface area contributed by atoms with Crippen molar-refractivity contribution in [3.63, 3.8) is 0 Å². The number of carbonyl (C=O) groups excluding carboxylic acids is 2. The molecular weight excluding hydrogens is 426 g/mol. The lowest BCUT2D eigenvalue weighted by molar-refractivity contribution is -0.117. The number of ketones is 1. The van der Waals surface area contributed by atoms with Crippen molar-refractivity contribution in [3.8, 4) is 11.5 Å². The summed E-state index contributed by atoms with van der Waals surface area (Å²) in [5, 5.41) is 23.2. The van der Waals surface area contributed by atoms with Crippen molar-refractivity contribution in [2.75, 3.05) is 12.0 Å². The van der Waals surface area contributed by atoms with Gasteiger partial charge in [0, 0.05) is 10.7 Å². The molecule has 0 bridgehead atoms. The molecule has 152 valence electrons. The molecule has 0 saturated heterocycles. The molecule has 2 aromatic carbocycles. The number of methoxy groups -OCH3 is 1. The van der Waals surface area contributed by atoms with Crippen LogP contribution in [0, 0.1) is 0 Å². The van der Waals surface area contributed by atoms with E-state index in [4.69, 9.17) is 16.3 Å². The first-order chi connectivity index (χ1) is 14.4. The molecule has 2 N–H and O–H groups in total. The van der Waals surface area contributed by atoms with Crippen LogP contribution in [0.25, 0.3) is 0 Å². The molecule has 0 fully saturated rings. The van der Waals surface area contributed by atoms with E-state index in [1.54, 1.807) is 47.8 Å². The van der Waals surface area contributed by atoms with Gasteiger partial charge in [0.1, 0.15) is 0 Å². The van der Waals surface area contributed by atoms with E-state index < -0.39 is 23.5 Å². The van der Waals surface area contributed by atoms with Gasteiger partial charge in [0.25, 0.3) is 5.91 Å². The molecule has 2 heterocycles. The minimum absolute atomic E-state index is 0.0537. The summed E-state index contributed by atoms with van der Waals surface area (Å²) in [6.45, 7) is 0. The summed E-state index contributed by atoms with van der Waals surface area (Å²) in [5.74, 6) is -1.68. The fourth-order valence-corrected chi connectivity index (χ4v) is 4.24. The number of carbonyl (C=O) groups is 2. The number of halogens is 1. The number of aliphatic hydroxyl groups excluding tert-OH is 1. The zero-order valence-corrected chi connectivity index (χ0v) is 17.3. The fraction of sp³-hybridized carbons (Fsp3) is 0.0909. The van der Waals surface area contributed by atoms with Crippen LogP contribution in [-0.2, 0) is 4.79 Å². The second-order valence-electron chi connectivity index (χ2n) is 6.55. The lowest BCUT2D eigenvalue weighted by Gasteiger charge is -2.27. The van der Waals surface area contributed by atoms with Crippen molar-refractivity contribution in [1.29, 1.82) is 0 Å². The number of hydrogen-bond donors (Lipinski definition) is 2. The van der Waals surface area contributed by atoms with Gasteiger partial charge in [0.15, 0.2) is 17.3 Å². The van der Waals surface area contributed by atoms with Crippen LogP contribution in [0.2, 0.25) is 5.02 Å². The van der Waals surface area contributed by atoms with E-state index in [2.05, 4.69) is 0 Å². The van der Waals surface area contributed by atoms with E-state index in [0.29, 0.717) is 21.2 Å². The number of amides is 1. The molecule has 30 heavy (non-hydrogen) atoms. The highest BCUT2D eigenvalue weighted by Gasteiger charge is 2.45. The average Bonchev–Trinajstić information content (AvgIpc) is 3.36. The number of hydrogen-bond acceptors (Lipinski definition) is 6. The first-order valence-corrected chi connectivity index (χ1v) is 10.2. The highest BCUT2D eigenvalue weighted by atomic mass is 35.5. The SMILES string of the molecule is COc1ccc(C2C(C(=O)c3cccs3)=C(O)C(=O)N2c2ccc(Cl)cc2)cc1O. The molecule has 0 spiro atoms. The molecule has 1 atom stereocenters. The molecule has 8 heteroatoms. The summed E-state index contributed by atoms with van der Waals surface area (Å²) < 4.78 is 5.09. The van der Waals surface area contributed by atoms with Gasteiger partial charge >= 0.3 is 0 Å². The van der Waals surface area contributed by atoms with Crippen molar-refractivity contribution in [3.05, 3.63) is 86.8 Å². The molecule has 3 aromatic rings. The van der Waals surface area contributed by atoms with Crippen molar-refractivity contribution >= 4 is 40.3 Å². The number of aliphatic hydroxyl groups is 1. The Morgan fingerprint density at radius 2 is 1.87 bits per heavy atom. The number of rotatable bonds is 5. The third-order valence-corrected chi connectivity index (χ3v) is 5.94.